The van der Waals surface area contributed by atoms with Crippen LogP contribution in [0.15, 0.2) is 39.9 Å². The van der Waals surface area contributed by atoms with Crippen molar-refractivity contribution in [3.8, 4) is 0 Å². The van der Waals surface area contributed by atoms with Crippen molar-refractivity contribution < 1.29 is 10.2 Å². The van der Waals surface area contributed by atoms with Gasteiger partial charge < -0.3 is 20.1 Å². The first-order valence-corrected chi connectivity index (χ1v) is 7.77. The lowest BCUT2D eigenvalue weighted by atomic mass is 10.2. The lowest BCUT2D eigenvalue weighted by Gasteiger charge is -2.13. The summed E-state index contributed by atoms with van der Waals surface area (Å²) in [5.74, 6) is 0.332. The molecule has 1 aromatic carbocycles. The van der Waals surface area contributed by atoms with Crippen LogP contribution >= 0.6 is 0 Å². The minimum absolute atomic E-state index is 0.0363. The normalized spacial score (nSPS) is 12.4. The van der Waals surface area contributed by atoms with Gasteiger partial charge in [0.25, 0.3) is 5.56 Å². The van der Waals surface area contributed by atoms with E-state index in [0.717, 1.165) is 5.56 Å². The highest BCUT2D eigenvalue weighted by Gasteiger charge is 2.19. The Bertz CT molecular complexity index is 989. The highest BCUT2D eigenvalue weighted by molar-refractivity contribution is 5.74. The van der Waals surface area contributed by atoms with Gasteiger partial charge in [0, 0.05) is 13.6 Å². The van der Waals surface area contributed by atoms with Gasteiger partial charge in [-0.1, -0.05) is 30.3 Å². The molecule has 132 valence electrons. The molecule has 0 saturated heterocycles. The highest BCUT2D eigenvalue weighted by Crippen LogP contribution is 2.17. The van der Waals surface area contributed by atoms with Crippen molar-refractivity contribution in [2.75, 3.05) is 11.9 Å². The molecular formula is C16H19N5O4. The number of fused-ring (bicyclic) bond motifs is 1. The largest absolute Gasteiger partial charge is 0.394 e. The van der Waals surface area contributed by atoms with Crippen LogP contribution in [0.2, 0.25) is 0 Å². The Morgan fingerprint density at radius 2 is 2.00 bits per heavy atom. The van der Waals surface area contributed by atoms with Crippen LogP contribution in [0, 0.1) is 0 Å². The van der Waals surface area contributed by atoms with Crippen molar-refractivity contribution >= 4 is 17.1 Å². The van der Waals surface area contributed by atoms with E-state index in [0.29, 0.717) is 12.5 Å². The molecular weight excluding hydrogens is 326 g/mol. The van der Waals surface area contributed by atoms with Crippen LogP contribution in [-0.2, 0) is 20.1 Å². The van der Waals surface area contributed by atoms with Crippen molar-refractivity contribution in [1.82, 2.24) is 19.1 Å². The number of nitrogens with zero attached hydrogens (tertiary/aromatic N) is 3. The number of aryl methyl sites for hydroxylation is 1. The number of aromatic amines is 1. The Hall–Kier alpha value is -2.91. The zero-order valence-electron chi connectivity index (χ0n) is 13.6. The summed E-state index contributed by atoms with van der Waals surface area (Å²) in [7, 11) is 1.50. The van der Waals surface area contributed by atoms with E-state index >= 15 is 0 Å². The maximum Gasteiger partial charge on any atom is 0.329 e. The van der Waals surface area contributed by atoms with Gasteiger partial charge in [0.2, 0.25) is 5.95 Å². The molecule has 3 rings (SSSR count). The molecule has 2 aromatic heterocycles. The highest BCUT2D eigenvalue weighted by atomic mass is 16.3. The van der Waals surface area contributed by atoms with Crippen molar-refractivity contribution in [2.24, 2.45) is 7.05 Å². The number of hydrogen-bond acceptors (Lipinski definition) is 6. The van der Waals surface area contributed by atoms with Gasteiger partial charge in [-0.3, -0.25) is 14.3 Å². The molecule has 25 heavy (non-hydrogen) atoms. The number of aromatic nitrogens is 4. The second-order valence-corrected chi connectivity index (χ2v) is 5.71. The van der Waals surface area contributed by atoms with E-state index in [9.17, 15) is 14.7 Å². The Morgan fingerprint density at radius 1 is 1.28 bits per heavy atom. The number of aliphatic hydroxyl groups excluding tert-OH is 2. The summed E-state index contributed by atoms with van der Waals surface area (Å²) >= 11 is 0. The molecule has 0 unspecified atom stereocenters. The Labute approximate surface area is 142 Å². The summed E-state index contributed by atoms with van der Waals surface area (Å²) in [5.41, 5.74) is 0.203. The molecule has 3 aromatic rings. The first-order valence-electron chi connectivity index (χ1n) is 7.77. The number of nitrogens with one attached hydrogen (secondary N) is 2. The number of hydrogen-bond donors (Lipinski definition) is 4. The zero-order valence-corrected chi connectivity index (χ0v) is 13.6. The van der Waals surface area contributed by atoms with Gasteiger partial charge in [0.1, 0.15) is 0 Å². The predicted molar refractivity (Wildman–Crippen MR) is 92.5 cm³/mol. The number of benzene rings is 1. The van der Waals surface area contributed by atoms with E-state index < -0.39 is 24.0 Å². The van der Waals surface area contributed by atoms with Crippen LogP contribution in [0.3, 0.4) is 0 Å². The fraction of sp³-hybridized carbons (Fsp3) is 0.312. The summed E-state index contributed by atoms with van der Waals surface area (Å²) in [6, 6.07) is 9.59. The molecule has 4 N–H and O–H groups in total. The van der Waals surface area contributed by atoms with Crippen LogP contribution < -0.4 is 16.6 Å². The molecule has 0 aliphatic carbocycles. The van der Waals surface area contributed by atoms with Crippen LogP contribution in [0.4, 0.5) is 5.95 Å². The molecule has 9 heteroatoms. The van der Waals surface area contributed by atoms with E-state index in [2.05, 4.69) is 15.3 Å². The topological polar surface area (TPSA) is 125 Å². The lowest BCUT2D eigenvalue weighted by Crippen LogP contribution is -2.30. The van der Waals surface area contributed by atoms with Crippen LogP contribution in [0.1, 0.15) is 5.56 Å². The predicted octanol–water partition coefficient (Wildman–Crippen LogP) is -0.611. The maximum absolute atomic E-state index is 12.2. The second kappa shape index (κ2) is 6.91. The Balaban J connectivity index is 2.08. The van der Waals surface area contributed by atoms with Gasteiger partial charge in [-0.15, -0.1) is 0 Å². The summed E-state index contributed by atoms with van der Waals surface area (Å²) in [5, 5.41) is 22.0. The van der Waals surface area contributed by atoms with Crippen molar-refractivity contribution in [1.29, 1.82) is 0 Å². The quantitative estimate of drug-likeness (QED) is 0.472. The van der Waals surface area contributed by atoms with Gasteiger partial charge in [-0.05, 0) is 5.56 Å². The van der Waals surface area contributed by atoms with E-state index in [1.165, 1.54) is 16.2 Å². The third-order valence-corrected chi connectivity index (χ3v) is 3.90. The van der Waals surface area contributed by atoms with Gasteiger partial charge in [0.05, 0.1) is 19.3 Å². The number of H-pyrrole nitrogens is 1. The molecule has 0 aliphatic rings. The number of imidazole rings is 1. The fourth-order valence-electron chi connectivity index (χ4n) is 2.59. The molecule has 0 fully saturated rings. The third kappa shape index (κ3) is 3.32. The Morgan fingerprint density at radius 3 is 2.68 bits per heavy atom. The van der Waals surface area contributed by atoms with Crippen LogP contribution in [-0.4, -0.2) is 42.0 Å². The van der Waals surface area contributed by atoms with E-state index in [1.807, 2.05) is 30.3 Å². The molecule has 0 spiro atoms. The number of aliphatic hydroxyl groups is 2. The van der Waals surface area contributed by atoms with E-state index in [1.54, 1.807) is 0 Å². The standard InChI is InChI=1S/C16H19N5O4/c1-20-13-12(14(24)19-16(20)25)21(8-11(23)9-22)15(18-13)17-7-10-5-3-2-4-6-10/h2-6,11,22-23H,7-9H2,1H3,(H,17,18)(H,19,24,25)/t11-/m0/s1. The van der Waals surface area contributed by atoms with Crippen molar-refractivity contribution in [2.45, 2.75) is 19.2 Å². The summed E-state index contributed by atoms with van der Waals surface area (Å²) in [6.07, 6.45) is -1.06. The van der Waals surface area contributed by atoms with Crippen molar-refractivity contribution in [3.05, 3.63) is 56.7 Å². The first-order chi connectivity index (χ1) is 12.0. The zero-order chi connectivity index (χ0) is 18.0. The van der Waals surface area contributed by atoms with Crippen LogP contribution in [0.5, 0.6) is 0 Å². The molecule has 0 saturated carbocycles. The lowest BCUT2D eigenvalue weighted by molar-refractivity contribution is 0.0825. The minimum atomic E-state index is -1.06. The third-order valence-electron chi connectivity index (χ3n) is 3.90. The summed E-state index contributed by atoms with van der Waals surface area (Å²) < 4.78 is 2.70. The molecule has 1 atom stereocenters. The fourth-order valence-corrected chi connectivity index (χ4v) is 2.59. The molecule has 9 nitrogen and oxygen atoms in total. The number of rotatable bonds is 6. The second-order valence-electron chi connectivity index (χ2n) is 5.71. The SMILES string of the molecule is Cn1c(=O)[nH]c(=O)c2c1nc(NCc1ccccc1)n2C[C@H](O)CO. The van der Waals surface area contributed by atoms with Crippen molar-refractivity contribution in [3.63, 3.8) is 0 Å². The summed E-state index contributed by atoms with van der Waals surface area (Å²) in [6.45, 7) is -0.0435. The van der Waals surface area contributed by atoms with Crippen LogP contribution in [0.25, 0.3) is 11.2 Å². The number of anilines is 1. The molecule has 0 bridgehead atoms. The minimum Gasteiger partial charge on any atom is -0.394 e. The molecule has 0 radical (unpaired) electrons. The monoisotopic (exact) mass is 345 g/mol. The summed E-state index contributed by atoms with van der Waals surface area (Å²) in [4.78, 5) is 30.6. The molecule has 0 aliphatic heterocycles. The average molecular weight is 345 g/mol. The Kier molecular flexibility index (Phi) is 4.68. The first kappa shape index (κ1) is 16.9. The van der Waals surface area contributed by atoms with Gasteiger partial charge in [-0.25, -0.2) is 4.79 Å². The van der Waals surface area contributed by atoms with E-state index in [4.69, 9.17) is 5.11 Å². The molecule has 0 amide bonds. The van der Waals surface area contributed by atoms with Gasteiger partial charge in [0.15, 0.2) is 11.2 Å². The smallest absolute Gasteiger partial charge is 0.329 e. The average Bonchev–Trinajstić information content (AvgIpc) is 2.97. The van der Waals surface area contributed by atoms with Gasteiger partial charge >= 0.3 is 5.69 Å². The maximum atomic E-state index is 12.2. The molecule has 2 heterocycles. The van der Waals surface area contributed by atoms with E-state index in [-0.39, 0.29) is 17.7 Å². The van der Waals surface area contributed by atoms with Gasteiger partial charge in [-0.2, -0.15) is 4.98 Å².